The molecule has 1 atom stereocenters. The number of benzene rings is 1. The van der Waals surface area contributed by atoms with Crippen LogP contribution in [0.1, 0.15) is 20.3 Å². The van der Waals surface area contributed by atoms with Crippen LogP contribution in [0, 0.1) is 5.82 Å². The molecular weight excluding hydrogens is 235 g/mol. The van der Waals surface area contributed by atoms with Crippen LogP contribution in [0.15, 0.2) is 24.3 Å². The number of carbonyl (C=O) groups is 1. The SMILES string of the molecule is CCC(C)(CN)OCC(=O)Nc1ccc(F)cc1. The first-order valence-electron chi connectivity index (χ1n) is 5.88. The van der Waals surface area contributed by atoms with E-state index in [1.807, 2.05) is 13.8 Å². The van der Waals surface area contributed by atoms with Crippen LogP contribution in [0.25, 0.3) is 0 Å². The molecule has 1 unspecified atom stereocenters. The molecule has 5 heteroatoms. The first-order valence-corrected chi connectivity index (χ1v) is 5.88. The molecule has 100 valence electrons. The maximum absolute atomic E-state index is 12.7. The van der Waals surface area contributed by atoms with Gasteiger partial charge in [-0.1, -0.05) is 6.92 Å². The first-order chi connectivity index (χ1) is 8.49. The maximum Gasteiger partial charge on any atom is 0.250 e. The topological polar surface area (TPSA) is 64.3 Å². The third kappa shape index (κ3) is 4.43. The van der Waals surface area contributed by atoms with Gasteiger partial charge in [0, 0.05) is 12.2 Å². The van der Waals surface area contributed by atoms with Crippen molar-refractivity contribution in [1.82, 2.24) is 0 Å². The van der Waals surface area contributed by atoms with Crippen molar-refractivity contribution in [3.05, 3.63) is 30.1 Å². The van der Waals surface area contributed by atoms with Crippen molar-refractivity contribution < 1.29 is 13.9 Å². The molecule has 0 spiro atoms. The second-order valence-electron chi connectivity index (χ2n) is 4.35. The van der Waals surface area contributed by atoms with Gasteiger partial charge < -0.3 is 15.8 Å². The number of nitrogens with two attached hydrogens (primary N) is 1. The van der Waals surface area contributed by atoms with Gasteiger partial charge in [0.05, 0.1) is 5.60 Å². The van der Waals surface area contributed by atoms with E-state index >= 15 is 0 Å². The lowest BCUT2D eigenvalue weighted by Gasteiger charge is -2.26. The van der Waals surface area contributed by atoms with Crippen LogP contribution in [0.3, 0.4) is 0 Å². The zero-order chi connectivity index (χ0) is 13.6. The fourth-order valence-electron chi connectivity index (χ4n) is 1.28. The van der Waals surface area contributed by atoms with Gasteiger partial charge in [0.25, 0.3) is 0 Å². The Morgan fingerprint density at radius 3 is 2.56 bits per heavy atom. The molecule has 3 N–H and O–H groups in total. The molecule has 0 aliphatic heterocycles. The van der Waals surface area contributed by atoms with Crippen molar-refractivity contribution in [3.8, 4) is 0 Å². The third-order valence-electron chi connectivity index (χ3n) is 2.86. The van der Waals surface area contributed by atoms with Gasteiger partial charge in [-0.3, -0.25) is 4.79 Å². The van der Waals surface area contributed by atoms with Crippen LogP contribution in [0.4, 0.5) is 10.1 Å². The number of hydrogen-bond acceptors (Lipinski definition) is 3. The van der Waals surface area contributed by atoms with E-state index in [9.17, 15) is 9.18 Å². The average Bonchev–Trinajstić information content (AvgIpc) is 2.39. The summed E-state index contributed by atoms with van der Waals surface area (Å²) in [5.41, 5.74) is 5.63. The smallest absolute Gasteiger partial charge is 0.250 e. The summed E-state index contributed by atoms with van der Waals surface area (Å²) in [6.45, 7) is 4.09. The molecule has 0 saturated heterocycles. The van der Waals surface area contributed by atoms with E-state index in [4.69, 9.17) is 10.5 Å². The van der Waals surface area contributed by atoms with Crippen LogP contribution >= 0.6 is 0 Å². The van der Waals surface area contributed by atoms with Gasteiger partial charge in [0.1, 0.15) is 12.4 Å². The zero-order valence-electron chi connectivity index (χ0n) is 10.7. The molecule has 1 aromatic rings. The number of anilines is 1. The number of amides is 1. The lowest BCUT2D eigenvalue weighted by molar-refractivity contribution is -0.126. The van der Waals surface area contributed by atoms with Gasteiger partial charge in [-0.25, -0.2) is 4.39 Å². The molecule has 0 aliphatic rings. The standard InChI is InChI=1S/C13H19FN2O2/c1-3-13(2,9-15)18-8-12(17)16-11-6-4-10(14)5-7-11/h4-7H,3,8-9,15H2,1-2H3,(H,16,17). The number of ether oxygens (including phenoxy) is 1. The molecule has 4 nitrogen and oxygen atoms in total. The largest absolute Gasteiger partial charge is 0.364 e. The monoisotopic (exact) mass is 254 g/mol. The van der Waals surface area contributed by atoms with E-state index in [1.165, 1.54) is 24.3 Å². The number of halogens is 1. The van der Waals surface area contributed by atoms with Gasteiger partial charge in [-0.2, -0.15) is 0 Å². The van der Waals surface area contributed by atoms with Crippen LogP contribution < -0.4 is 11.1 Å². The van der Waals surface area contributed by atoms with Crippen LogP contribution in [0.5, 0.6) is 0 Å². The van der Waals surface area contributed by atoms with Crippen molar-refractivity contribution in [2.24, 2.45) is 5.73 Å². The summed E-state index contributed by atoms with van der Waals surface area (Å²) in [7, 11) is 0. The summed E-state index contributed by atoms with van der Waals surface area (Å²) < 4.78 is 18.1. The van der Waals surface area contributed by atoms with Crippen molar-refractivity contribution >= 4 is 11.6 Å². The number of carbonyl (C=O) groups excluding carboxylic acids is 1. The number of hydrogen-bond donors (Lipinski definition) is 2. The highest BCUT2D eigenvalue weighted by Gasteiger charge is 2.21. The van der Waals surface area contributed by atoms with E-state index in [2.05, 4.69) is 5.32 Å². The molecule has 0 radical (unpaired) electrons. The highest BCUT2D eigenvalue weighted by atomic mass is 19.1. The third-order valence-corrected chi connectivity index (χ3v) is 2.86. The minimum absolute atomic E-state index is 0.0705. The van der Waals surface area contributed by atoms with Gasteiger partial charge in [0.2, 0.25) is 5.91 Å². The molecule has 0 fully saturated rings. The summed E-state index contributed by atoms with van der Waals surface area (Å²) in [6.07, 6.45) is 0.729. The number of rotatable bonds is 6. The predicted molar refractivity (Wildman–Crippen MR) is 68.7 cm³/mol. The molecule has 0 saturated carbocycles. The van der Waals surface area contributed by atoms with E-state index in [0.29, 0.717) is 12.2 Å². The second kappa shape index (κ2) is 6.47. The highest BCUT2D eigenvalue weighted by molar-refractivity contribution is 5.91. The van der Waals surface area contributed by atoms with E-state index in [-0.39, 0.29) is 18.3 Å². The average molecular weight is 254 g/mol. The Bertz CT molecular complexity index is 388. The summed E-state index contributed by atoms with van der Waals surface area (Å²) in [6, 6.07) is 5.56. The first kappa shape index (κ1) is 14.6. The Morgan fingerprint density at radius 1 is 1.44 bits per heavy atom. The molecule has 1 aromatic carbocycles. The van der Waals surface area contributed by atoms with E-state index in [0.717, 1.165) is 6.42 Å². The lowest BCUT2D eigenvalue weighted by atomic mass is 10.0. The molecule has 0 aliphatic carbocycles. The molecule has 1 amide bonds. The quantitative estimate of drug-likeness (QED) is 0.815. The molecule has 0 bridgehead atoms. The van der Waals surface area contributed by atoms with Gasteiger partial charge in [0.15, 0.2) is 0 Å². The molecule has 0 heterocycles. The fraction of sp³-hybridized carbons (Fsp3) is 0.462. The Morgan fingerprint density at radius 2 is 2.06 bits per heavy atom. The highest BCUT2D eigenvalue weighted by Crippen LogP contribution is 2.13. The molecule has 0 aromatic heterocycles. The summed E-state index contributed by atoms with van der Waals surface area (Å²) in [5.74, 6) is -0.624. The molecule has 1 rings (SSSR count). The van der Waals surface area contributed by atoms with Gasteiger partial charge >= 0.3 is 0 Å². The Balaban J connectivity index is 2.45. The zero-order valence-corrected chi connectivity index (χ0v) is 10.7. The van der Waals surface area contributed by atoms with Crippen LogP contribution in [-0.2, 0) is 9.53 Å². The van der Waals surface area contributed by atoms with Gasteiger partial charge in [-0.05, 0) is 37.6 Å². The van der Waals surface area contributed by atoms with Crippen molar-refractivity contribution in [2.75, 3.05) is 18.5 Å². The molecular formula is C13H19FN2O2. The van der Waals surface area contributed by atoms with Crippen LogP contribution in [-0.4, -0.2) is 24.7 Å². The Hall–Kier alpha value is -1.46. The minimum atomic E-state index is -0.486. The van der Waals surface area contributed by atoms with Crippen molar-refractivity contribution in [3.63, 3.8) is 0 Å². The summed E-state index contributed by atoms with van der Waals surface area (Å²) in [4.78, 5) is 11.6. The van der Waals surface area contributed by atoms with Crippen molar-refractivity contribution in [1.29, 1.82) is 0 Å². The fourth-order valence-corrected chi connectivity index (χ4v) is 1.28. The van der Waals surface area contributed by atoms with Crippen molar-refractivity contribution in [2.45, 2.75) is 25.9 Å². The lowest BCUT2D eigenvalue weighted by Crippen LogP contribution is -2.39. The normalized spacial score (nSPS) is 14.0. The predicted octanol–water partition coefficient (Wildman–Crippen LogP) is 1.91. The van der Waals surface area contributed by atoms with E-state index < -0.39 is 5.60 Å². The second-order valence-corrected chi connectivity index (χ2v) is 4.35. The minimum Gasteiger partial charge on any atom is -0.364 e. The van der Waals surface area contributed by atoms with E-state index in [1.54, 1.807) is 0 Å². The Kier molecular flexibility index (Phi) is 5.25. The summed E-state index contributed by atoms with van der Waals surface area (Å²) >= 11 is 0. The van der Waals surface area contributed by atoms with Gasteiger partial charge in [-0.15, -0.1) is 0 Å². The summed E-state index contributed by atoms with van der Waals surface area (Å²) in [5, 5.41) is 2.62. The molecule has 18 heavy (non-hydrogen) atoms. The Labute approximate surface area is 106 Å². The maximum atomic E-state index is 12.7. The number of nitrogens with one attached hydrogen (secondary N) is 1. The van der Waals surface area contributed by atoms with Crippen LogP contribution in [0.2, 0.25) is 0 Å².